The van der Waals surface area contributed by atoms with Crippen molar-refractivity contribution < 1.29 is 22.6 Å². The summed E-state index contributed by atoms with van der Waals surface area (Å²) in [4.78, 5) is 0. The predicted molar refractivity (Wildman–Crippen MR) is 51.2 cm³/mol. The summed E-state index contributed by atoms with van der Waals surface area (Å²) in [5, 5.41) is 8.09. The van der Waals surface area contributed by atoms with Crippen LogP contribution < -0.4 is 5.32 Å². The van der Waals surface area contributed by atoms with Crippen LogP contribution in [0.2, 0.25) is 0 Å². The van der Waals surface area contributed by atoms with Crippen LogP contribution in [0.4, 0.5) is 18.3 Å². The standard InChI is InChI=1S/C7H10F3N3O2S/c1-14-4(15-2)3-11-6-13-12-5(16-6)7(8,9)10/h4H,3H2,1-2H3,(H,11,13). The second kappa shape index (κ2) is 5.41. The van der Waals surface area contributed by atoms with Gasteiger partial charge in [-0.05, 0) is 0 Å². The third-order valence-corrected chi connectivity index (χ3v) is 2.54. The molecule has 0 unspecified atom stereocenters. The van der Waals surface area contributed by atoms with Gasteiger partial charge in [-0.3, -0.25) is 0 Å². The Morgan fingerprint density at radius 1 is 1.31 bits per heavy atom. The Bertz CT molecular complexity index is 327. The van der Waals surface area contributed by atoms with E-state index < -0.39 is 17.5 Å². The highest BCUT2D eigenvalue weighted by atomic mass is 32.1. The Morgan fingerprint density at radius 3 is 2.38 bits per heavy atom. The summed E-state index contributed by atoms with van der Waals surface area (Å²) in [6.45, 7) is 0.194. The number of aromatic nitrogens is 2. The number of nitrogens with one attached hydrogen (secondary N) is 1. The fourth-order valence-corrected chi connectivity index (χ4v) is 1.46. The Labute approximate surface area is 93.6 Å². The number of methoxy groups -OCH3 is 2. The van der Waals surface area contributed by atoms with Gasteiger partial charge in [0, 0.05) is 14.2 Å². The van der Waals surface area contributed by atoms with E-state index in [4.69, 9.17) is 9.47 Å². The minimum Gasteiger partial charge on any atom is -0.355 e. The van der Waals surface area contributed by atoms with Crippen LogP contribution in [-0.4, -0.2) is 37.3 Å². The molecule has 16 heavy (non-hydrogen) atoms. The van der Waals surface area contributed by atoms with Crippen LogP contribution in [0, 0.1) is 0 Å². The van der Waals surface area contributed by atoms with Crippen molar-refractivity contribution in [3.63, 3.8) is 0 Å². The molecule has 0 aliphatic rings. The average molecular weight is 257 g/mol. The van der Waals surface area contributed by atoms with Crippen LogP contribution in [0.15, 0.2) is 0 Å². The van der Waals surface area contributed by atoms with Crippen molar-refractivity contribution in [2.45, 2.75) is 12.5 Å². The largest absolute Gasteiger partial charge is 0.445 e. The molecular weight excluding hydrogens is 247 g/mol. The molecule has 0 spiro atoms. The van der Waals surface area contributed by atoms with Gasteiger partial charge in [0.2, 0.25) is 10.1 Å². The fourth-order valence-electron chi connectivity index (χ4n) is 0.843. The molecule has 0 atom stereocenters. The van der Waals surface area contributed by atoms with E-state index in [-0.39, 0.29) is 11.7 Å². The van der Waals surface area contributed by atoms with E-state index >= 15 is 0 Å². The fraction of sp³-hybridized carbons (Fsp3) is 0.714. The van der Waals surface area contributed by atoms with Crippen LogP contribution >= 0.6 is 11.3 Å². The number of ether oxygens (including phenoxy) is 2. The molecule has 92 valence electrons. The number of hydrogen-bond donors (Lipinski definition) is 1. The molecule has 9 heteroatoms. The van der Waals surface area contributed by atoms with E-state index in [9.17, 15) is 13.2 Å². The van der Waals surface area contributed by atoms with E-state index in [0.29, 0.717) is 11.3 Å². The summed E-state index contributed by atoms with van der Waals surface area (Å²) < 4.78 is 46.2. The first-order valence-corrected chi connectivity index (χ1v) is 4.99. The molecule has 0 aliphatic carbocycles. The third kappa shape index (κ3) is 3.58. The van der Waals surface area contributed by atoms with Crippen molar-refractivity contribution in [2.75, 3.05) is 26.1 Å². The molecule has 0 saturated heterocycles. The summed E-state index contributed by atoms with van der Waals surface area (Å²) in [6, 6.07) is 0. The van der Waals surface area contributed by atoms with Crippen molar-refractivity contribution in [1.29, 1.82) is 0 Å². The molecule has 0 aromatic carbocycles. The summed E-state index contributed by atoms with van der Waals surface area (Å²) in [5.74, 6) is 0. The lowest BCUT2D eigenvalue weighted by Crippen LogP contribution is -2.23. The normalized spacial score (nSPS) is 12.1. The van der Waals surface area contributed by atoms with Gasteiger partial charge in [-0.25, -0.2) is 0 Å². The lowest BCUT2D eigenvalue weighted by Gasteiger charge is -2.12. The molecule has 1 rings (SSSR count). The molecule has 0 saturated carbocycles. The van der Waals surface area contributed by atoms with Gasteiger partial charge in [-0.15, -0.1) is 10.2 Å². The third-order valence-electron chi connectivity index (χ3n) is 1.61. The van der Waals surface area contributed by atoms with Crippen molar-refractivity contribution in [3.05, 3.63) is 5.01 Å². The zero-order chi connectivity index (χ0) is 12.2. The summed E-state index contributed by atoms with van der Waals surface area (Å²) >= 11 is 0.433. The Kier molecular flexibility index (Phi) is 4.44. The van der Waals surface area contributed by atoms with Gasteiger partial charge < -0.3 is 14.8 Å². The van der Waals surface area contributed by atoms with Crippen molar-refractivity contribution >= 4 is 16.5 Å². The van der Waals surface area contributed by atoms with Gasteiger partial charge in [-0.1, -0.05) is 11.3 Å². The average Bonchev–Trinajstić information content (AvgIpc) is 2.67. The minimum atomic E-state index is -4.46. The molecule has 0 radical (unpaired) electrons. The Balaban J connectivity index is 2.53. The van der Waals surface area contributed by atoms with Crippen molar-refractivity contribution in [1.82, 2.24) is 10.2 Å². The first-order chi connectivity index (χ1) is 7.47. The highest BCUT2D eigenvalue weighted by molar-refractivity contribution is 7.15. The lowest BCUT2D eigenvalue weighted by molar-refractivity contribution is -0.138. The maximum absolute atomic E-state index is 12.2. The molecule has 1 aromatic rings. The van der Waals surface area contributed by atoms with Gasteiger partial charge in [0.15, 0.2) is 6.29 Å². The molecule has 1 N–H and O–H groups in total. The molecular formula is C7H10F3N3O2S. The monoisotopic (exact) mass is 257 g/mol. The number of anilines is 1. The maximum Gasteiger partial charge on any atom is 0.445 e. The highest BCUT2D eigenvalue weighted by Gasteiger charge is 2.35. The second-order valence-electron chi connectivity index (χ2n) is 2.69. The lowest BCUT2D eigenvalue weighted by atomic mass is 10.6. The molecule has 0 amide bonds. The van der Waals surface area contributed by atoms with Crippen LogP contribution in [0.3, 0.4) is 0 Å². The van der Waals surface area contributed by atoms with Gasteiger partial charge in [0.05, 0.1) is 6.54 Å². The van der Waals surface area contributed by atoms with Gasteiger partial charge in [0.1, 0.15) is 0 Å². The molecule has 5 nitrogen and oxygen atoms in total. The zero-order valence-corrected chi connectivity index (χ0v) is 9.35. The highest BCUT2D eigenvalue weighted by Crippen LogP contribution is 2.32. The number of halogens is 3. The number of hydrogen-bond acceptors (Lipinski definition) is 6. The molecule has 1 heterocycles. The Hall–Kier alpha value is -0.930. The van der Waals surface area contributed by atoms with Crippen molar-refractivity contribution in [3.8, 4) is 0 Å². The number of nitrogens with zero attached hydrogens (tertiary/aromatic N) is 2. The van der Waals surface area contributed by atoms with E-state index in [2.05, 4.69) is 15.5 Å². The summed E-state index contributed by atoms with van der Waals surface area (Å²) in [6.07, 6.45) is -5.00. The van der Waals surface area contributed by atoms with E-state index in [1.165, 1.54) is 14.2 Å². The van der Waals surface area contributed by atoms with E-state index in [1.54, 1.807) is 0 Å². The van der Waals surface area contributed by atoms with E-state index in [0.717, 1.165) is 0 Å². The molecule has 0 bridgehead atoms. The Morgan fingerprint density at radius 2 is 1.94 bits per heavy atom. The smallest absolute Gasteiger partial charge is 0.355 e. The number of alkyl halides is 3. The first kappa shape index (κ1) is 13.1. The van der Waals surface area contributed by atoms with Crippen molar-refractivity contribution in [2.24, 2.45) is 0 Å². The van der Waals surface area contributed by atoms with Gasteiger partial charge in [-0.2, -0.15) is 13.2 Å². The quantitative estimate of drug-likeness (QED) is 0.812. The second-order valence-corrected chi connectivity index (χ2v) is 3.67. The summed E-state index contributed by atoms with van der Waals surface area (Å²) in [5.41, 5.74) is 0. The van der Waals surface area contributed by atoms with Crippen LogP contribution in [0.1, 0.15) is 5.01 Å². The predicted octanol–water partition coefficient (Wildman–Crippen LogP) is 1.59. The zero-order valence-electron chi connectivity index (χ0n) is 8.54. The topological polar surface area (TPSA) is 56.3 Å². The SMILES string of the molecule is COC(CNc1nnc(C(F)(F)F)s1)OC. The van der Waals surface area contributed by atoms with Crippen LogP contribution in [0.25, 0.3) is 0 Å². The number of rotatable bonds is 5. The van der Waals surface area contributed by atoms with Crippen LogP contribution in [0.5, 0.6) is 0 Å². The van der Waals surface area contributed by atoms with Gasteiger partial charge >= 0.3 is 6.18 Å². The molecule has 1 aromatic heterocycles. The first-order valence-electron chi connectivity index (χ1n) is 4.17. The molecule has 0 aliphatic heterocycles. The minimum absolute atomic E-state index is 0.0754. The maximum atomic E-state index is 12.2. The van der Waals surface area contributed by atoms with E-state index in [1.807, 2.05) is 0 Å². The van der Waals surface area contributed by atoms with Crippen LogP contribution in [-0.2, 0) is 15.7 Å². The summed E-state index contributed by atoms with van der Waals surface area (Å²) in [7, 11) is 2.86. The van der Waals surface area contributed by atoms with Gasteiger partial charge in [0.25, 0.3) is 0 Å². The molecule has 0 fully saturated rings.